The van der Waals surface area contributed by atoms with E-state index in [4.69, 9.17) is 0 Å². The topological polar surface area (TPSA) is 43.6 Å². The number of halogens is 5. The molecule has 4 nitrogen and oxygen atoms in total. The van der Waals surface area contributed by atoms with E-state index in [2.05, 4.69) is 31.2 Å². The number of hydrogen-bond acceptors (Lipinski definition) is 3. The number of alkyl halides is 3. The zero-order valence-corrected chi connectivity index (χ0v) is 9.50. The van der Waals surface area contributed by atoms with Crippen LogP contribution in [0.25, 0.3) is 5.69 Å². The smallest absolute Gasteiger partial charge is 0.235 e. The quantitative estimate of drug-likeness (QED) is 0.760. The molecule has 0 N–H and O–H groups in total. The third-order valence-electron chi connectivity index (χ3n) is 1.82. The summed E-state index contributed by atoms with van der Waals surface area (Å²) >= 11 is 2.81. The minimum absolute atomic E-state index is 0.0306. The minimum Gasteiger partial charge on any atom is -0.235 e. The van der Waals surface area contributed by atoms with E-state index >= 15 is 0 Å². The van der Waals surface area contributed by atoms with Crippen LogP contribution in [-0.4, -0.2) is 20.0 Å². The monoisotopic (exact) mass is 310 g/mol. The van der Waals surface area contributed by atoms with Crippen molar-refractivity contribution in [2.45, 2.75) is 6.18 Å². The van der Waals surface area contributed by atoms with E-state index in [0.29, 0.717) is 0 Å². The van der Waals surface area contributed by atoms with Crippen molar-refractivity contribution >= 4 is 15.9 Å². The van der Waals surface area contributed by atoms with Crippen LogP contribution >= 0.6 is 15.9 Å². The highest BCUT2D eigenvalue weighted by Crippen LogP contribution is 2.28. The number of nitrogens with zero attached hydrogens (tertiary/aromatic N) is 4. The Hall–Kier alpha value is -1.51. The molecule has 0 unspecified atom stereocenters. The van der Waals surface area contributed by atoms with Crippen molar-refractivity contribution in [1.29, 1.82) is 0 Å². The van der Waals surface area contributed by atoms with Crippen molar-refractivity contribution in [3.05, 3.63) is 34.6 Å². The van der Waals surface area contributed by atoms with Gasteiger partial charge in [-0.1, -0.05) is 0 Å². The molecule has 0 fully saturated rings. The van der Waals surface area contributed by atoms with Gasteiger partial charge < -0.3 is 0 Å². The maximum atomic E-state index is 13.0. The number of rotatable bonds is 1. The predicted octanol–water partition coefficient (Wildman–Crippen LogP) is 2.58. The summed E-state index contributed by atoms with van der Waals surface area (Å²) in [5.41, 5.74) is -1.20. The molecule has 0 atom stereocenters. The molecule has 0 amide bonds. The molecule has 90 valence electrons. The van der Waals surface area contributed by atoms with Gasteiger partial charge in [0, 0.05) is 0 Å². The second-order valence-corrected chi connectivity index (χ2v) is 3.76. The lowest BCUT2D eigenvalue weighted by Gasteiger charge is -2.06. The standard InChI is InChI=1S/C8H3BrF4N4/c9-7-5(10)3-17(16-7)4-1-6(8(11,12)13)15-14-2-4/h1-3H. The fourth-order valence-electron chi connectivity index (χ4n) is 1.08. The summed E-state index contributed by atoms with van der Waals surface area (Å²) in [5, 5.41) is 9.77. The zero-order valence-electron chi connectivity index (χ0n) is 7.91. The van der Waals surface area contributed by atoms with Gasteiger partial charge in [-0.05, 0) is 22.0 Å². The van der Waals surface area contributed by atoms with Gasteiger partial charge in [-0.15, -0.1) is 5.10 Å². The summed E-state index contributed by atoms with van der Waals surface area (Å²) in [5.74, 6) is -0.685. The highest BCUT2D eigenvalue weighted by molar-refractivity contribution is 9.10. The Labute approximate surface area is 100 Å². The minimum atomic E-state index is -4.61. The lowest BCUT2D eigenvalue weighted by molar-refractivity contribution is -0.141. The average Bonchev–Trinajstić information content (AvgIpc) is 2.58. The molecule has 0 radical (unpaired) electrons. The molecule has 0 aliphatic heterocycles. The molecule has 0 saturated heterocycles. The van der Waals surface area contributed by atoms with Crippen molar-refractivity contribution in [1.82, 2.24) is 20.0 Å². The lowest BCUT2D eigenvalue weighted by atomic mass is 10.3. The highest BCUT2D eigenvalue weighted by Gasteiger charge is 2.33. The van der Waals surface area contributed by atoms with Gasteiger partial charge in [0.05, 0.1) is 18.1 Å². The fraction of sp³-hybridized carbons (Fsp3) is 0.125. The summed E-state index contributed by atoms with van der Waals surface area (Å²) in [6.45, 7) is 0. The van der Waals surface area contributed by atoms with Gasteiger partial charge in [-0.2, -0.15) is 23.4 Å². The molecule has 0 aliphatic carbocycles. The molecule has 2 heterocycles. The molecule has 2 rings (SSSR count). The first-order valence-electron chi connectivity index (χ1n) is 4.19. The normalized spacial score (nSPS) is 11.8. The highest BCUT2D eigenvalue weighted by atomic mass is 79.9. The lowest BCUT2D eigenvalue weighted by Crippen LogP contribution is -2.10. The zero-order chi connectivity index (χ0) is 12.6. The summed E-state index contributed by atoms with van der Waals surface area (Å²) in [6, 6.07) is 0.728. The van der Waals surface area contributed by atoms with Gasteiger partial charge in [0.15, 0.2) is 16.1 Å². The third-order valence-corrected chi connectivity index (χ3v) is 2.36. The van der Waals surface area contributed by atoms with E-state index in [1.165, 1.54) is 0 Å². The molecule has 0 aliphatic rings. The molecule has 0 bridgehead atoms. The van der Waals surface area contributed by atoms with E-state index in [1.807, 2.05) is 0 Å². The summed E-state index contributed by atoms with van der Waals surface area (Å²) in [7, 11) is 0. The Bertz CT molecular complexity index is 531. The fourth-order valence-corrected chi connectivity index (χ4v) is 1.36. The van der Waals surface area contributed by atoms with Gasteiger partial charge in [-0.3, -0.25) is 0 Å². The van der Waals surface area contributed by atoms with E-state index in [-0.39, 0.29) is 10.3 Å². The number of hydrogen-bond donors (Lipinski definition) is 0. The van der Waals surface area contributed by atoms with Gasteiger partial charge in [0.1, 0.15) is 0 Å². The Morgan fingerprint density at radius 2 is 2.00 bits per heavy atom. The van der Waals surface area contributed by atoms with Crippen molar-refractivity contribution in [2.24, 2.45) is 0 Å². The van der Waals surface area contributed by atoms with Crippen LogP contribution in [0, 0.1) is 5.82 Å². The Morgan fingerprint density at radius 1 is 1.29 bits per heavy atom. The Kier molecular flexibility index (Phi) is 2.86. The van der Waals surface area contributed by atoms with Crippen molar-refractivity contribution in [3.63, 3.8) is 0 Å². The van der Waals surface area contributed by atoms with Crippen molar-refractivity contribution in [2.75, 3.05) is 0 Å². The van der Waals surface area contributed by atoms with Crippen LogP contribution in [0.2, 0.25) is 0 Å². The van der Waals surface area contributed by atoms with E-state index in [0.717, 1.165) is 23.1 Å². The maximum absolute atomic E-state index is 13.0. The molecular formula is C8H3BrF4N4. The second-order valence-electron chi connectivity index (χ2n) is 3.01. The van der Waals surface area contributed by atoms with Gasteiger partial charge in [-0.25, -0.2) is 9.07 Å². The van der Waals surface area contributed by atoms with Crippen LogP contribution < -0.4 is 0 Å². The molecule has 0 spiro atoms. The van der Waals surface area contributed by atoms with Crippen LogP contribution in [-0.2, 0) is 6.18 Å². The van der Waals surface area contributed by atoms with E-state index in [1.54, 1.807) is 0 Å². The third kappa shape index (κ3) is 2.43. The Balaban J connectivity index is 2.47. The van der Waals surface area contributed by atoms with Gasteiger partial charge in [0.25, 0.3) is 0 Å². The predicted molar refractivity (Wildman–Crippen MR) is 51.8 cm³/mol. The molecule has 2 aromatic heterocycles. The van der Waals surface area contributed by atoms with Crippen molar-refractivity contribution in [3.8, 4) is 5.69 Å². The molecule has 0 saturated carbocycles. The first-order valence-corrected chi connectivity index (χ1v) is 4.98. The Morgan fingerprint density at radius 3 is 2.53 bits per heavy atom. The molecule has 9 heteroatoms. The molecule has 2 aromatic rings. The second kappa shape index (κ2) is 4.06. The number of aromatic nitrogens is 4. The van der Waals surface area contributed by atoms with E-state index < -0.39 is 17.7 Å². The van der Waals surface area contributed by atoms with Crippen LogP contribution in [0.1, 0.15) is 5.69 Å². The SMILES string of the molecule is Fc1cn(-c2cnnc(C(F)(F)F)c2)nc1Br. The van der Waals surface area contributed by atoms with Gasteiger partial charge >= 0.3 is 6.18 Å². The van der Waals surface area contributed by atoms with Crippen LogP contribution in [0.5, 0.6) is 0 Å². The average molecular weight is 311 g/mol. The molecule has 0 aromatic carbocycles. The largest absolute Gasteiger partial charge is 0.435 e. The van der Waals surface area contributed by atoms with Crippen LogP contribution in [0.3, 0.4) is 0 Å². The first-order chi connectivity index (χ1) is 7.88. The summed E-state index contributed by atoms with van der Waals surface area (Å²) in [4.78, 5) is 0. The summed E-state index contributed by atoms with van der Waals surface area (Å²) < 4.78 is 50.9. The van der Waals surface area contributed by atoms with Gasteiger partial charge in [0.2, 0.25) is 0 Å². The van der Waals surface area contributed by atoms with E-state index in [9.17, 15) is 17.6 Å². The molecular weight excluding hydrogens is 308 g/mol. The maximum Gasteiger partial charge on any atom is 0.435 e. The molecule has 17 heavy (non-hydrogen) atoms. The summed E-state index contributed by atoms with van der Waals surface area (Å²) in [6.07, 6.45) is -2.62. The van der Waals surface area contributed by atoms with Crippen LogP contribution in [0.4, 0.5) is 17.6 Å². The van der Waals surface area contributed by atoms with Crippen molar-refractivity contribution < 1.29 is 17.6 Å². The van der Waals surface area contributed by atoms with Crippen LogP contribution in [0.15, 0.2) is 23.1 Å². The first kappa shape index (κ1) is 12.0.